The summed E-state index contributed by atoms with van der Waals surface area (Å²) in [5, 5.41) is 0. The van der Waals surface area contributed by atoms with E-state index in [1.807, 2.05) is 0 Å². The van der Waals surface area contributed by atoms with Gasteiger partial charge in [0.1, 0.15) is 36.2 Å². The lowest BCUT2D eigenvalue weighted by Gasteiger charge is -2.21. The number of carbonyl (C=O) groups is 2. The smallest absolute Gasteiger partial charge is 0.333 e. The van der Waals surface area contributed by atoms with Crippen LogP contribution in [0.5, 0.6) is 11.5 Å². The molecular weight excluding hydrogens is 620 g/mol. The minimum Gasteiger partial charge on any atom is -0.492 e. The highest BCUT2D eigenvalue weighted by molar-refractivity contribution is 7.93. The largest absolute Gasteiger partial charge is 0.492 e. The molecule has 0 bridgehead atoms. The SMILES string of the molecule is NC(=O)N(c1ccc(Cc2ccc(N(C(N)=O)S(=O)(=O)CCOc3ccccc3)cc2)cc1)S(=O)(=O)CCOc1ccccc1. The van der Waals surface area contributed by atoms with Gasteiger partial charge in [-0.3, -0.25) is 0 Å². The number of urea groups is 2. The molecular formula is C31H32N4O8S2. The van der Waals surface area contributed by atoms with Gasteiger partial charge >= 0.3 is 12.1 Å². The Morgan fingerprint density at radius 2 is 0.867 bits per heavy atom. The molecule has 14 heteroatoms. The van der Waals surface area contributed by atoms with E-state index in [2.05, 4.69) is 0 Å². The molecule has 0 fully saturated rings. The van der Waals surface area contributed by atoms with Crippen LogP contribution in [-0.2, 0) is 26.5 Å². The zero-order chi connectivity index (χ0) is 32.5. The van der Waals surface area contributed by atoms with E-state index in [1.54, 1.807) is 84.9 Å². The van der Waals surface area contributed by atoms with Gasteiger partial charge in [-0.05, 0) is 66.1 Å². The monoisotopic (exact) mass is 652 g/mol. The van der Waals surface area contributed by atoms with E-state index in [4.69, 9.17) is 20.9 Å². The molecule has 12 nitrogen and oxygen atoms in total. The van der Waals surface area contributed by atoms with Crippen LogP contribution in [0.2, 0.25) is 0 Å². The molecule has 0 aliphatic carbocycles. The minimum atomic E-state index is -4.13. The van der Waals surface area contributed by atoms with E-state index in [0.29, 0.717) is 26.5 Å². The topological polar surface area (TPSA) is 179 Å². The van der Waals surface area contributed by atoms with E-state index >= 15 is 0 Å². The standard InChI is InChI=1S/C31H32N4O8S2/c32-30(36)34(44(38,39)21-19-42-28-7-3-1-4-8-28)26-15-11-24(12-16-26)23-25-13-17-27(18-14-25)35(31(33)37)45(40,41)22-20-43-29-9-5-2-6-10-29/h1-18H,19-23H2,(H2,32,36)(H2,33,37). The van der Waals surface area contributed by atoms with Gasteiger partial charge in [0.25, 0.3) is 0 Å². The average Bonchev–Trinajstić information content (AvgIpc) is 2.99. The van der Waals surface area contributed by atoms with Crippen molar-refractivity contribution in [3.63, 3.8) is 0 Å². The van der Waals surface area contributed by atoms with Crippen LogP contribution in [-0.4, -0.2) is 53.6 Å². The highest BCUT2D eigenvalue weighted by Crippen LogP contribution is 2.24. The number of anilines is 2. The molecule has 0 unspecified atom stereocenters. The Balaban J connectivity index is 1.39. The van der Waals surface area contributed by atoms with Crippen molar-refractivity contribution in [2.45, 2.75) is 6.42 Å². The van der Waals surface area contributed by atoms with E-state index < -0.39 is 43.6 Å². The number of ether oxygens (including phenoxy) is 2. The number of rotatable bonds is 14. The van der Waals surface area contributed by atoms with Gasteiger partial charge in [0.2, 0.25) is 20.0 Å². The molecule has 4 aromatic carbocycles. The van der Waals surface area contributed by atoms with Crippen LogP contribution in [0.3, 0.4) is 0 Å². The molecule has 4 amide bonds. The number of primary amides is 2. The third kappa shape index (κ3) is 8.97. The number of para-hydroxylation sites is 2. The Morgan fingerprint density at radius 3 is 1.18 bits per heavy atom. The predicted octanol–water partition coefficient (Wildman–Crippen LogP) is 3.87. The molecule has 0 aliphatic heterocycles. The molecule has 0 aliphatic rings. The van der Waals surface area contributed by atoms with Crippen LogP contribution in [0.15, 0.2) is 109 Å². The Hall–Kier alpha value is -5.08. The summed E-state index contributed by atoms with van der Waals surface area (Å²) in [6.45, 7) is -0.361. The minimum absolute atomic E-state index is 0.0693. The van der Waals surface area contributed by atoms with Crippen molar-refractivity contribution in [3.05, 3.63) is 120 Å². The third-order valence-corrected chi connectivity index (χ3v) is 9.67. The van der Waals surface area contributed by atoms with Crippen LogP contribution in [0.4, 0.5) is 21.0 Å². The molecule has 4 rings (SSSR count). The maximum atomic E-state index is 12.9. The summed E-state index contributed by atoms with van der Waals surface area (Å²) < 4.78 is 63.7. The molecule has 0 saturated heterocycles. The van der Waals surface area contributed by atoms with Gasteiger partial charge in [0, 0.05) is 0 Å². The first kappa shape index (κ1) is 32.8. The summed E-state index contributed by atoms with van der Waals surface area (Å²) in [6.07, 6.45) is 0.378. The summed E-state index contributed by atoms with van der Waals surface area (Å²) >= 11 is 0. The van der Waals surface area contributed by atoms with Crippen molar-refractivity contribution in [2.24, 2.45) is 11.5 Å². The van der Waals surface area contributed by atoms with Crippen LogP contribution >= 0.6 is 0 Å². The molecule has 45 heavy (non-hydrogen) atoms. The second kappa shape index (κ2) is 14.6. The lowest BCUT2D eigenvalue weighted by atomic mass is 10.0. The first-order chi connectivity index (χ1) is 21.5. The zero-order valence-corrected chi connectivity index (χ0v) is 25.7. The molecule has 4 aromatic rings. The Morgan fingerprint density at radius 1 is 0.533 bits per heavy atom. The lowest BCUT2D eigenvalue weighted by Crippen LogP contribution is -2.43. The normalized spacial score (nSPS) is 11.4. The average molecular weight is 653 g/mol. The molecule has 236 valence electrons. The Bertz CT molecular complexity index is 1670. The number of carbonyl (C=O) groups excluding carboxylic acids is 2. The van der Waals surface area contributed by atoms with Crippen LogP contribution in [0.1, 0.15) is 11.1 Å². The number of nitrogens with zero attached hydrogens (tertiary/aromatic N) is 2. The van der Waals surface area contributed by atoms with Gasteiger partial charge in [-0.1, -0.05) is 60.7 Å². The number of hydrogen-bond acceptors (Lipinski definition) is 8. The van der Waals surface area contributed by atoms with E-state index in [1.165, 1.54) is 24.3 Å². The molecule has 4 N–H and O–H groups in total. The second-order valence-electron chi connectivity index (χ2n) is 9.67. The summed E-state index contributed by atoms with van der Waals surface area (Å²) in [5.41, 5.74) is 12.5. The zero-order valence-electron chi connectivity index (χ0n) is 24.1. The first-order valence-corrected chi connectivity index (χ1v) is 16.9. The summed E-state index contributed by atoms with van der Waals surface area (Å²) in [4.78, 5) is 24.3. The fourth-order valence-corrected chi connectivity index (χ4v) is 6.72. The van der Waals surface area contributed by atoms with Gasteiger partial charge < -0.3 is 20.9 Å². The Kier molecular flexibility index (Phi) is 10.6. The predicted molar refractivity (Wildman–Crippen MR) is 171 cm³/mol. The first-order valence-electron chi connectivity index (χ1n) is 13.6. The van der Waals surface area contributed by atoms with Crippen molar-refractivity contribution >= 4 is 43.5 Å². The van der Waals surface area contributed by atoms with Crippen molar-refractivity contribution < 1.29 is 35.9 Å². The van der Waals surface area contributed by atoms with E-state index in [0.717, 1.165) is 11.1 Å². The van der Waals surface area contributed by atoms with Gasteiger partial charge in [-0.25, -0.2) is 26.4 Å². The highest BCUT2D eigenvalue weighted by Gasteiger charge is 2.29. The highest BCUT2D eigenvalue weighted by atomic mass is 32.2. The van der Waals surface area contributed by atoms with E-state index in [-0.39, 0.29) is 24.6 Å². The van der Waals surface area contributed by atoms with Crippen molar-refractivity contribution in [1.82, 2.24) is 0 Å². The molecule has 0 aromatic heterocycles. The third-order valence-electron chi connectivity index (χ3n) is 6.41. The van der Waals surface area contributed by atoms with Crippen LogP contribution in [0, 0.1) is 0 Å². The number of nitrogens with two attached hydrogens (primary N) is 2. The number of hydrogen-bond donors (Lipinski definition) is 2. The molecule has 0 saturated carbocycles. The quantitative estimate of drug-likeness (QED) is 0.206. The van der Waals surface area contributed by atoms with Gasteiger partial charge in [-0.15, -0.1) is 0 Å². The van der Waals surface area contributed by atoms with Crippen molar-refractivity contribution in [2.75, 3.05) is 33.3 Å². The van der Waals surface area contributed by atoms with Crippen molar-refractivity contribution in [1.29, 1.82) is 0 Å². The molecule has 0 spiro atoms. The Labute approximate surface area is 261 Å². The number of amides is 4. The van der Waals surface area contributed by atoms with Crippen LogP contribution < -0.4 is 29.6 Å². The molecule has 0 heterocycles. The fraction of sp³-hybridized carbons (Fsp3) is 0.161. The fourth-order valence-electron chi connectivity index (χ4n) is 4.33. The van der Waals surface area contributed by atoms with Gasteiger partial charge in [0.15, 0.2) is 0 Å². The molecule has 0 atom stereocenters. The molecule has 0 radical (unpaired) electrons. The van der Waals surface area contributed by atoms with E-state index in [9.17, 15) is 26.4 Å². The lowest BCUT2D eigenvalue weighted by molar-refractivity contribution is 0.256. The van der Waals surface area contributed by atoms with Gasteiger partial charge in [0.05, 0.1) is 11.4 Å². The summed E-state index contributed by atoms with van der Waals surface area (Å²) in [5.74, 6) is 0.0369. The summed E-state index contributed by atoms with van der Waals surface area (Å²) in [7, 11) is -8.27. The summed E-state index contributed by atoms with van der Waals surface area (Å²) in [6, 6.07) is 27.4. The maximum Gasteiger partial charge on any atom is 0.333 e. The number of benzene rings is 4. The van der Waals surface area contributed by atoms with Crippen LogP contribution in [0.25, 0.3) is 0 Å². The van der Waals surface area contributed by atoms with Crippen molar-refractivity contribution in [3.8, 4) is 11.5 Å². The number of sulfonamides is 2. The van der Waals surface area contributed by atoms with Gasteiger partial charge in [-0.2, -0.15) is 8.61 Å². The maximum absolute atomic E-state index is 12.9. The second-order valence-corrected chi connectivity index (χ2v) is 13.5.